The monoisotopic (exact) mass is 406 g/mol. The number of benzene rings is 1. The van der Waals surface area contributed by atoms with Gasteiger partial charge in [0.25, 0.3) is 0 Å². The molecule has 29 heavy (non-hydrogen) atoms. The molecule has 2 N–H and O–H groups in total. The number of rotatable bonds is 3. The maximum Gasteiger partial charge on any atom is 0.333 e. The summed E-state index contributed by atoms with van der Waals surface area (Å²) in [7, 11) is 0. The number of anilines is 1. The van der Waals surface area contributed by atoms with Crippen LogP contribution in [0.25, 0.3) is 17.0 Å². The van der Waals surface area contributed by atoms with Crippen LogP contribution in [-0.2, 0) is 0 Å². The molecule has 8 heteroatoms. The van der Waals surface area contributed by atoms with Crippen molar-refractivity contribution in [3.05, 3.63) is 81.9 Å². The Hall–Kier alpha value is -3.16. The lowest BCUT2D eigenvalue weighted by Gasteiger charge is -2.35. The number of pyridine rings is 2. The van der Waals surface area contributed by atoms with E-state index in [0.29, 0.717) is 22.0 Å². The summed E-state index contributed by atoms with van der Waals surface area (Å²) in [6.07, 6.45) is 1.64. The minimum atomic E-state index is -0.312. The van der Waals surface area contributed by atoms with Crippen molar-refractivity contribution in [2.24, 2.45) is 0 Å². The van der Waals surface area contributed by atoms with Gasteiger partial charge >= 0.3 is 5.69 Å². The topological polar surface area (TPSA) is 78.8 Å². The number of halogens is 1. The summed E-state index contributed by atoms with van der Waals surface area (Å²) in [4.78, 5) is 26.5. The van der Waals surface area contributed by atoms with Gasteiger partial charge in [-0.05, 0) is 29.8 Å². The van der Waals surface area contributed by atoms with Gasteiger partial charge in [0.2, 0.25) is 0 Å². The van der Waals surface area contributed by atoms with Gasteiger partial charge in [-0.2, -0.15) is 0 Å². The van der Waals surface area contributed by atoms with Gasteiger partial charge in [0.05, 0.1) is 10.5 Å². The van der Waals surface area contributed by atoms with Crippen molar-refractivity contribution in [2.45, 2.75) is 6.04 Å². The molecule has 0 unspecified atom stereocenters. The molecule has 1 saturated heterocycles. The second-order valence-corrected chi connectivity index (χ2v) is 7.38. The third-order valence-corrected chi connectivity index (χ3v) is 5.48. The number of piperazine rings is 1. The van der Waals surface area contributed by atoms with Gasteiger partial charge in [-0.1, -0.05) is 41.9 Å². The lowest BCUT2D eigenvalue weighted by molar-refractivity contribution is 0.469. The molecule has 146 valence electrons. The number of imidazole rings is 1. The van der Waals surface area contributed by atoms with Gasteiger partial charge in [0, 0.05) is 31.9 Å². The van der Waals surface area contributed by atoms with E-state index < -0.39 is 0 Å². The largest absolute Gasteiger partial charge is 0.353 e. The predicted octanol–water partition coefficient (Wildman–Crippen LogP) is 2.91. The van der Waals surface area contributed by atoms with Gasteiger partial charge < -0.3 is 10.2 Å². The standard InChI is InChI=1S/C21H19ClN6O/c22-15-8-9-18(27-12-11-23-16(13-27)14-5-2-1-3-6-14)25-20(15)28-17-7-4-10-24-19(17)26-21(28)29/h1-10,16,23H,11-13H2,(H,24,26,29)/t16-/m1/s1. The molecule has 0 spiro atoms. The summed E-state index contributed by atoms with van der Waals surface area (Å²) in [5.74, 6) is 1.19. The molecule has 4 heterocycles. The second-order valence-electron chi connectivity index (χ2n) is 6.97. The Bertz CT molecular complexity index is 1220. The summed E-state index contributed by atoms with van der Waals surface area (Å²) >= 11 is 6.44. The Morgan fingerprint density at radius 2 is 1.93 bits per heavy atom. The first-order chi connectivity index (χ1) is 14.2. The van der Waals surface area contributed by atoms with Crippen LogP contribution in [-0.4, -0.2) is 39.2 Å². The van der Waals surface area contributed by atoms with Crippen LogP contribution in [0.1, 0.15) is 11.6 Å². The number of nitrogens with one attached hydrogen (secondary N) is 2. The fourth-order valence-electron chi connectivity index (χ4n) is 3.77. The number of aromatic nitrogens is 4. The summed E-state index contributed by atoms with van der Waals surface area (Å²) in [5, 5.41) is 3.97. The molecule has 1 fully saturated rings. The van der Waals surface area contributed by atoms with Crippen LogP contribution in [0.15, 0.2) is 65.6 Å². The van der Waals surface area contributed by atoms with Crippen LogP contribution in [0.5, 0.6) is 0 Å². The molecule has 4 aromatic rings. The zero-order chi connectivity index (χ0) is 19.8. The highest BCUT2D eigenvalue weighted by atomic mass is 35.5. The van der Waals surface area contributed by atoms with Crippen LogP contribution in [0.2, 0.25) is 5.02 Å². The van der Waals surface area contributed by atoms with Crippen molar-refractivity contribution in [3.63, 3.8) is 0 Å². The number of nitrogens with zero attached hydrogens (tertiary/aromatic N) is 4. The van der Waals surface area contributed by atoms with Gasteiger partial charge in [0.15, 0.2) is 11.5 Å². The maximum atomic E-state index is 12.6. The maximum absolute atomic E-state index is 12.6. The Morgan fingerprint density at radius 3 is 2.79 bits per heavy atom. The molecule has 1 aromatic carbocycles. The third kappa shape index (κ3) is 3.28. The highest BCUT2D eigenvalue weighted by Gasteiger charge is 2.23. The zero-order valence-corrected chi connectivity index (χ0v) is 16.3. The molecule has 3 aromatic heterocycles. The first kappa shape index (κ1) is 17.9. The number of H-pyrrole nitrogens is 1. The van der Waals surface area contributed by atoms with E-state index in [2.05, 4.69) is 32.3 Å². The van der Waals surface area contributed by atoms with Crippen molar-refractivity contribution >= 4 is 28.6 Å². The molecule has 1 aliphatic rings. The lowest BCUT2D eigenvalue weighted by atomic mass is 10.0. The quantitative estimate of drug-likeness (QED) is 0.547. The molecule has 0 radical (unpaired) electrons. The van der Waals surface area contributed by atoms with E-state index in [1.807, 2.05) is 30.3 Å². The van der Waals surface area contributed by atoms with Crippen LogP contribution in [0.4, 0.5) is 5.82 Å². The molecule has 0 aliphatic carbocycles. The normalized spacial score (nSPS) is 17.0. The Morgan fingerprint density at radius 1 is 1.07 bits per heavy atom. The van der Waals surface area contributed by atoms with Gasteiger partial charge in [0.1, 0.15) is 5.82 Å². The first-order valence-electron chi connectivity index (χ1n) is 9.46. The smallest absolute Gasteiger partial charge is 0.333 e. The van der Waals surface area contributed by atoms with Crippen molar-refractivity contribution in [3.8, 4) is 5.82 Å². The van der Waals surface area contributed by atoms with Crippen molar-refractivity contribution in [2.75, 3.05) is 24.5 Å². The molecular weight excluding hydrogens is 388 g/mol. The molecule has 1 atom stereocenters. The van der Waals surface area contributed by atoms with Crippen LogP contribution < -0.4 is 15.9 Å². The lowest BCUT2D eigenvalue weighted by Crippen LogP contribution is -2.46. The number of hydrogen-bond donors (Lipinski definition) is 2. The van der Waals surface area contributed by atoms with Gasteiger partial charge in [-0.3, -0.25) is 4.98 Å². The van der Waals surface area contributed by atoms with Crippen LogP contribution in [0, 0.1) is 0 Å². The van der Waals surface area contributed by atoms with E-state index in [9.17, 15) is 4.79 Å². The fourth-order valence-corrected chi connectivity index (χ4v) is 3.96. The predicted molar refractivity (Wildman–Crippen MR) is 114 cm³/mol. The number of hydrogen-bond acceptors (Lipinski definition) is 5. The Balaban J connectivity index is 1.53. The van der Waals surface area contributed by atoms with Crippen LogP contribution >= 0.6 is 11.6 Å². The minimum Gasteiger partial charge on any atom is -0.353 e. The van der Waals surface area contributed by atoms with E-state index >= 15 is 0 Å². The molecule has 0 saturated carbocycles. The van der Waals surface area contributed by atoms with Crippen molar-refractivity contribution in [1.29, 1.82) is 0 Å². The van der Waals surface area contributed by atoms with E-state index in [-0.39, 0.29) is 11.7 Å². The van der Waals surface area contributed by atoms with E-state index in [1.54, 1.807) is 18.3 Å². The van der Waals surface area contributed by atoms with Gasteiger partial charge in [-0.25, -0.2) is 19.3 Å². The average Bonchev–Trinajstić information content (AvgIpc) is 3.10. The molecule has 0 bridgehead atoms. The number of fused-ring (bicyclic) bond motifs is 1. The van der Waals surface area contributed by atoms with Crippen LogP contribution in [0.3, 0.4) is 0 Å². The summed E-state index contributed by atoms with van der Waals surface area (Å²) in [6, 6.07) is 17.9. The Kier molecular flexibility index (Phi) is 4.54. The molecule has 0 amide bonds. The van der Waals surface area contributed by atoms with Crippen molar-refractivity contribution in [1.82, 2.24) is 24.8 Å². The van der Waals surface area contributed by atoms with E-state index in [0.717, 1.165) is 25.5 Å². The zero-order valence-electron chi connectivity index (χ0n) is 15.5. The molecule has 1 aliphatic heterocycles. The summed E-state index contributed by atoms with van der Waals surface area (Å²) in [6.45, 7) is 2.44. The highest BCUT2D eigenvalue weighted by molar-refractivity contribution is 6.32. The second kappa shape index (κ2) is 7.35. The SMILES string of the molecule is O=c1[nH]c2ncccc2n1-c1nc(N2CCN[C@@H](c3ccccc3)C2)ccc1Cl. The summed E-state index contributed by atoms with van der Waals surface area (Å²) < 4.78 is 1.48. The summed E-state index contributed by atoms with van der Waals surface area (Å²) in [5.41, 5.74) is 2.08. The van der Waals surface area contributed by atoms with Crippen molar-refractivity contribution < 1.29 is 0 Å². The van der Waals surface area contributed by atoms with Gasteiger partial charge in [-0.15, -0.1) is 0 Å². The minimum absolute atomic E-state index is 0.214. The molecular formula is C21H19ClN6O. The van der Waals surface area contributed by atoms with E-state index in [1.165, 1.54) is 10.1 Å². The fraction of sp³-hybridized carbons (Fsp3) is 0.190. The molecule has 5 rings (SSSR count). The number of aromatic amines is 1. The first-order valence-corrected chi connectivity index (χ1v) is 9.84. The average molecular weight is 407 g/mol. The third-order valence-electron chi connectivity index (χ3n) is 5.18. The molecule has 7 nitrogen and oxygen atoms in total. The Labute approximate surface area is 172 Å². The highest BCUT2D eigenvalue weighted by Crippen LogP contribution is 2.26. The van der Waals surface area contributed by atoms with E-state index in [4.69, 9.17) is 16.6 Å².